The standard InChI is InChI=1S/C9H14F3NO3/c10-7(11)8(12)16-13(9(14)15)6-4-2-1-3-5-6/h6-8H,1-5H2,(H,14,15). The molecule has 0 spiro atoms. The van der Waals surface area contributed by atoms with Crippen LogP contribution in [0.2, 0.25) is 0 Å². The Hall–Kier alpha value is -0.980. The van der Waals surface area contributed by atoms with E-state index in [1.807, 2.05) is 0 Å². The van der Waals surface area contributed by atoms with Crippen LogP contribution >= 0.6 is 0 Å². The van der Waals surface area contributed by atoms with Gasteiger partial charge in [-0.3, -0.25) is 0 Å². The number of hydroxylamine groups is 2. The Morgan fingerprint density at radius 2 is 1.81 bits per heavy atom. The summed E-state index contributed by atoms with van der Waals surface area (Å²) in [5.74, 6) is 0. The number of hydrogen-bond donors (Lipinski definition) is 1. The van der Waals surface area contributed by atoms with E-state index in [2.05, 4.69) is 4.84 Å². The zero-order valence-corrected chi connectivity index (χ0v) is 8.61. The first-order chi connectivity index (χ1) is 7.52. The molecule has 0 heterocycles. The average molecular weight is 241 g/mol. The summed E-state index contributed by atoms with van der Waals surface area (Å²) in [7, 11) is 0. The molecule has 1 unspecified atom stereocenters. The second-order valence-corrected chi connectivity index (χ2v) is 3.69. The summed E-state index contributed by atoms with van der Waals surface area (Å²) < 4.78 is 36.4. The predicted molar refractivity (Wildman–Crippen MR) is 48.7 cm³/mol. The van der Waals surface area contributed by atoms with Crippen LogP contribution in [-0.2, 0) is 4.84 Å². The number of alkyl halides is 3. The summed E-state index contributed by atoms with van der Waals surface area (Å²) in [6.07, 6.45) is -4.17. The van der Waals surface area contributed by atoms with Crippen LogP contribution in [0.1, 0.15) is 32.1 Å². The first kappa shape index (κ1) is 13.1. The second kappa shape index (κ2) is 5.93. The predicted octanol–water partition coefficient (Wildman–Crippen LogP) is 2.79. The molecule has 0 aliphatic heterocycles. The van der Waals surface area contributed by atoms with Crippen molar-refractivity contribution in [3.8, 4) is 0 Å². The lowest BCUT2D eigenvalue weighted by atomic mass is 9.95. The molecule has 1 N–H and O–H groups in total. The SMILES string of the molecule is O=C(O)N(OC(F)C(F)F)C1CCCCC1. The molecule has 1 saturated carbocycles. The molecule has 0 radical (unpaired) electrons. The van der Waals surface area contributed by atoms with Gasteiger partial charge in [0.15, 0.2) is 0 Å². The van der Waals surface area contributed by atoms with E-state index in [0.717, 1.165) is 19.3 Å². The van der Waals surface area contributed by atoms with Crippen molar-refractivity contribution in [2.24, 2.45) is 0 Å². The monoisotopic (exact) mass is 241 g/mol. The molecule has 94 valence electrons. The molecule has 1 fully saturated rings. The van der Waals surface area contributed by atoms with Crippen molar-refractivity contribution in [1.82, 2.24) is 5.06 Å². The Morgan fingerprint density at radius 3 is 2.25 bits per heavy atom. The van der Waals surface area contributed by atoms with Crippen LogP contribution in [0.25, 0.3) is 0 Å². The third-order valence-corrected chi connectivity index (χ3v) is 2.51. The summed E-state index contributed by atoms with van der Waals surface area (Å²) in [4.78, 5) is 14.9. The molecule has 0 aromatic carbocycles. The van der Waals surface area contributed by atoms with Crippen LogP contribution in [0.3, 0.4) is 0 Å². The molecule has 1 rings (SSSR count). The van der Waals surface area contributed by atoms with Gasteiger partial charge in [0.25, 0.3) is 12.8 Å². The van der Waals surface area contributed by atoms with E-state index >= 15 is 0 Å². The van der Waals surface area contributed by atoms with E-state index in [1.54, 1.807) is 0 Å². The van der Waals surface area contributed by atoms with E-state index in [1.165, 1.54) is 0 Å². The van der Waals surface area contributed by atoms with E-state index in [0.29, 0.717) is 17.9 Å². The maximum absolute atomic E-state index is 12.6. The molecule has 7 heteroatoms. The van der Waals surface area contributed by atoms with Gasteiger partial charge in [-0.2, -0.15) is 5.06 Å². The lowest BCUT2D eigenvalue weighted by Crippen LogP contribution is -2.43. The van der Waals surface area contributed by atoms with E-state index < -0.39 is 24.9 Å². The van der Waals surface area contributed by atoms with Crippen LogP contribution in [0.15, 0.2) is 0 Å². The normalized spacial score (nSPS) is 19.8. The molecule has 1 aliphatic rings. The Bertz CT molecular complexity index is 234. The molecule has 0 aromatic heterocycles. The molecule has 1 atom stereocenters. The van der Waals surface area contributed by atoms with Crippen molar-refractivity contribution in [3.63, 3.8) is 0 Å². The summed E-state index contributed by atoms with van der Waals surface area (Å²) in [6.45, 7) is 0. The fourth-order valence-corrected chi connectivity index (χ4v) is 1.76. The topological polar surface area (TPSA) is 49.8 Å². The van der Waals surface area contributed by atoms with Crippen LogP contribution in [0.5, 0.6) is 0 Å². The highest BCUT2D eigenvalue weighted by atomic mass is 19.3. The smallest absolute Gasteiger partial charge is 0.431 e. The summed E-state index contributed by atoms with van der Waals surface area (Å²) in [5.41, 5.74) is 0. The maximum Gasteiger partial charge on any atom is 0.431 e. The quantitative estimate of drug-likeness (QED) is 0.770. The number of halogens is 3. The van der Waals surface area contributed by atoms with Crippen molar-refractivity contribution in [1.29, 1.82) is 0 Å². The van der Waals surface area contributed by atoms with Gasteiger partial charge >= 0.3 is 6.09 Å². The molecule has 16 heavy (non-hydrogen) atoms. The second-order valence-electron chi connectivity index (χ2n) is 3.69. The average Bonchev–Trinajstić information content (AvgIpc) is 2.26. The highest BCUT2D eigenvalue weighted by Crippen LogP contribution is 2.24. The summed E-state index contributed by atoms with van der Waals surface area (Å²) in [5, 5.41) is 9.07. The molecule has 0 saturated heterocycles. The van der Waals surface area contributed by atoms with Gasteiger partial charge < -0.3 is 5.11 Å². The third kappa shape index (κ3) is 3.55. The maximum atomic E-state index is 12.6. The number of carbonyl (C=O) groups is 1. The van der Waals surface area contributed by atoms with Crippen LogP contribution in [-0.4, -0.2) is 35.1 Å². The van der Waals surface area contributed by atoms with Crippen LogP contribution in [0.4, 0.5) is 18.0 Å². The number of nitrogens with zero attached hydrogens (tertiary/aromatic N) is 1. The lowest BCUT2D eigenvalue weighted by Gasteiger charge is -2.31. The van der Waals surface area contributed by atoms with Gasteiger partial charge in [-0.1, -0.05) is 19.3 Å². The van der Waals surface area contributed by atoms with Crippen molar-refractivity contribution in [2.45, 2.75) is 50.9 Å². The van der Waals surface area contributed by atoms with Gasteiger partial charge in [0.2, 0.25) is 0 Å². The minimum Gasteiger partial charge on any atom is -0.463 e. The third-order valence-electron chi connectivity index (χ3n) is 2.51. The Labute approximate surface area is 90.9 Å². The fraction of sp³-hybridized carbons (Fsp3) is 0.889. The molecular formula is C9H14F3NO3. The molecule has 1 amide bonds. The van der Waals surface area contributed by atoms with Gasteiger partial charge in [-0.15, -0.1) is 0 Å². The zero-order chi connectivity index (χ0) is 12.1. The van der Waals surface area contributed by atoms with E-state index in [-0.39, 0.29) is 0 Å². The Morgan fingerprint density at radius 1 is 1.25 bits per heavy atom. The van der Waals surface area contributed by atoms with Gasteiger partial charge in [0, 0.05) is 0 Å². The minimum absolute atomic E-state index is 0.329. The van der Waals surface area contributed by atoms with Crippen LogP contribution in [0, 0.1) is 0 Å². The molecule has 4 nitrogen and oxygen atoms in total. The molecule has 1 aliphatic carbocycles. The Balaban J connectivity index is 2.55. The van der Waals surface area contributed by atoms with Crippen molar-refractivity contribution in [2.75, 3.05) is 0 Å². The molecular weight excluding hydrogens is 227 g/mol. The fourth-order valence-electron chi connectivity index (χ4n) is 1.76. The van der Waals surface area contributed by atoms with E-state index in [4.69, 9.17) is 5.11 Å². The van der Waals surface area contributed by atoms with Crippen molar-refractivity contribution in [3.05, 3.63) is 0 Å². The first-order valence-electron chi connectivity index (χ1n) is 5.13. The number of carboxylic acid groups (broad SMARTS) is 1. The van der Waals surface area contributed by atoms with Crippen molar-refractivity contribution >= 4 is 6.09 Å². The van der Waals surface area contributed by atoms with Crippen molar-refractivity contribution < 1.29 is 27.9 Å². The number of hydrogen-bond acceptors (Lipinski definition) is 2. The van der Waals surface area contributed by atoms with Gasteiger partial charge in [0.05, 0.1) is 6.04 Å². The van der Waals surface area contributed by atoms with Gasteiger partial charge in [0.1, 0.15) is 0 Å². The summed E-state index contributed by atoms with van der Waals surface area (Å²) >= 11 is 0. The largest absolute Gasteiger partial charge is 0.463 e. The molecule has 0 bridgehead atoms. The summed E-state index contributed by atoms with van der Waals surface area (Å²) in [6, 6.07) is -0.525. The number of rotatable bonds is 4. The molecule has 0 aromatic rings. The Kier molecular flexibility index (Phi) is 4.85. The van der Waals surface area contributed by atoms with Gasteiger partial charge in [-0.05, 0) is 12.8 Å². The first-order valence-corrected chi connectivity index (χ1v) is 5.13. The van der Waals surface area contributed by atoms with E-state index in [9.17, 15) is 18.0 Å². The van der Waals surface area contributed by atoms with Gasteiger partial charge in [-0.25, -0.2) is 22.8 Å². The highest BCUT2D eigenvalue weighted by molar-refractivity contribution is 5.64. The zero-order valence-electron chi connectivity index (χ0n) is 8.61. The lowest BCUT2D eigenvalue weighted by molar-refractivity contribution is -0.267. The number of amides is 1. The van der Waals surface area contributed by atoms with Crippen LogP contribution < -0.4 is 0 Å². The highest BCUT2D eigenvalue weighted by Gasteiger charge is 2.32. The minimum atomic E-state index is -3.34.